The van der Waals surface area contributed by atoms with Crippen LogP contribution in [0, 0.1) is 11.3 Å². The molecule has 0 spiro atoms. The maximum atomic E-state index is 9.78. The van der Waals surface area contributed by atoms with Crippen molar-refractivity contribution in [2.45, 2.75) is 19.3 Å². The number of aromatic nitrogens is 2. The predicted molar refractivity (Wildman–Crippen MR) is 224 cm³/mol. The Hall–Kier alpha value is -7.22. The van der Waals surface area contributed by atoms with Gasteiger partial charge < -0.3 is 9.30 Å². The van der Waals surface area contributed by atoms with Gasteiger partial charge in [0.15, 0.2) is 0 Å². The Labute approximate surface area is 320 Å². The summed E-state index contributed by atoms with van der Waals surface area (Å²) < 4.78 is 9.12. The molecule has 3 heterocycles. The average molecular weight is 706 g/mol. The van der Waals surface area contributed by atoms with E-state index in [1.54, 1.807) is 0 Å². The maximum Gasteiger partial charge on any atom is 0.132 e. The second kappa shape index (κ2) is 12.7. The molecular weight excluding hydrogens is 671 g/mol. The van der Waals surface area contributed by atoms with E-state index in [9.17, 15) is 5.26 Å². The summed E-state index contributed by atoms with van der Waals surface area (Å²) in [5.41, 5.74) is 14.2. The lowest BCUT2D eigenvalue weighted by atomic mass is 9.75. The molecule has 0 atom stereocenters. The van der Waals surface area contributed by atoms with E-state index in [0.717, 1.165) is 94.9 Å². The van der Waals surface area contributed by atoms with E-state index in [1.165, 1.54) is 0 Å². The molecule has 2 aromatic heterocycles. The molecule has 1 aliphatic heterocycles. The highest BCUT2D eigenvalue weighted by Crippen LogP contribution is 2.50. The summed E-state index contributed by atoms with van der Waals surface area (Å²) >= 11 is 0. The molecule has 0 bridgehead atoms. The lowest BCUT2D eigenvalue weighted by molar-refractivity contribution is 0.418. The number of hydrogen-bond donors (Lipinski definition) is 0. The fraction of sp³-hybridized carbons (Fsp3) is 0.0588. The molecule has 4 heteroatoms. The van der Waals surface area contributed by atoms with Crippen LogP contribution in [0.3, 0.4) is 0 Å². The van der Waals surface area contributed by atoms with Crippen LogP contribution in [-0.2, 0) is 5.41 Å². The molecule has 4 nitrogen and oxygen atoms in total. The molecule has 7 aromatic carbocycles. The van der Waals surface area contributed by atoms with Crippen LogP contribution in [0.25, 0.3) is 72.3 Å². The van der Waals surface area contributed by atoms with Crippen LogP contribution in [0.5, 0.6) is 11.5 Å². The van der Waals surface area contributed by atoms with Crippen LogP contribution >= 0.6 is 0 Å². The lowest BCUT2D eigenvalue weighted by Gasteiger charge is -2.35. The topological polar surface area (TPSA) is 50.8 Å². The first-order valence-electron chi connectivity index (χ1n) is 18.6. The zero-order valence-corrected chi connectivity index (χ0v) is 30.5. The highest BCUT2D eigenvalue weighted by molar-refractivity contribution is 6.11. The number of nitrogens with zero attached hydrogens (tertiary/aromatic N) is 3. The van der Waals surface area contributed by atoms with Crippen molar-refractivity contribution in [3.8, 4) is 68.0 Å². The molecule has 0 saturated heterocycles. The van der Waals surface area contributed by atoms with Crippen molar-refractivity contribution in [3.05, 3.63) is 193 Å². The summed E-state index contributed by atoms with van der Waals surface area (Å²) in [6.07, 6.45) is 0. The smallest absolute Gasteiger partial charge is 0.132 e. The molecule has 0 aliphatic carbocycles. The van der Waals surface area contributed by atoms with E-state index in [1.807, 2.05) is 30.3 Å². The Morgan fingerprint density at radius 3 is 1.69 bits per heavy atom. The Morgan fingerprint density at radius 1 is 0.491 bits per heavy atom. The molecule has 1 aliphatic rings. The van der Waals surface area contributed by atoms with Crippen LogP contribution in [0.1, 0.15) is 30.5 Å². The molecule has 0 radical (unpaired) electrons. The third-order valence-electron chi connectivity index (χ3n) is 11.1. The van der Waals surface area contributed by atoms with Gasteiger partial charge in [0.25, 0.3) is 0 Å². The first-order chi connectivity index (χ1) is 26.9. The number of rotatable bonds is 5. The molecule has 0 saturated carbocycles. The first kappa shape index (κ1) is 32.4. The van der Waals surface area contributed by atoms with Gasteiger partial charge in [0.2, 0.25) is 0 Å². The Balaban J connectivity index is 1.06. The van der Waals surface area contributed by atoms with Gasteiger partial charge in [-0.05, 0) is 89.0 Å². The molecule has 0 unspecified atom stereocenters. The van der Waals surface area contributed by atoms with Crippen molar-refractivity contribution in [2.75, 3.05) is 0 Å². The Bertz CT molecular complexity index is 2920. The van der Waals surface area contributed by atoms with E-state index in [-0.39, 0.29) is 5.41 Å². The Kier molecular flexibility index (Phi) is 7.50. The largest absolute Gasteiger partial charge is 0.457 e. The summed E-state index contributed by atoms with van der Waals surface area (Å²) in [6, 6.07) is 63.6. The van der Waals surface area contributed by atoms with Gasteiger partial charge in [-0.15, -0.1) is 0 Å². The highest BCUT2D eigenvalue weighted by atomic mass is 16.5. The van der Waals surface area contributed by atoms with Gasteiger partial charge in [-0.3, -0.25) is 0 Å². The van der Waals surface area contributed by atoms with Gasteiger partial charge in [0.05, 0.1) is 34.1 Å². The number of nitriles is 1. The maximum absolute atomic E-state index is 9.78. The van der Waals surface area contributed by atoms with Crippen molar-refractivity contribution >= 4 is 21.8 Å². The number of ether oxygens (including phenoxy) is 1. The van der Waals surface area contributed by atoms with E-state index >= 15 is 0 Å². The van der Waals surface area contributed by atoms with Crippen molar-refractivity contribution in [3.63, 3.8) is 0 Å². The molecule has 0 amide bonds. The van der Waals surface area contributed by atoms with E-state index in [4.69, 9.17) is 9.72 Å². The standard InChI is InChI=1S/C51H35N3O/c1-51(2)43-22-19-37(36-21-25-48-42(27-36)41-26-33(32-52)18-24-47(41)54(48)40-16-10-5-11-17-40)30-49(43)55-50-31-38(20-23-44(50)51)46-29-39(34-12-6-3-7-13-34)28-45(53-46)35-14-8-4-9-15-35/h3-31H,1-2H3. The van der Waals surface area contributed by atoms with Gasteiger partial charge in [-0.2, -0.15) is 5.26 Å². The van der Waals surface area contributed by atoms with Gasteiger partial charge in [-0.1, -0.05) is 123 Å². The number of benzene rings is 7. The van der Waals surface area contributed by atoms with Gasteiger partial charge in [0.1, 0.15) is 11.5 Å². The third-order valence-corrected chi connectivity index (χ3v) is 11.1. The van der Waals surface area contributed by atoms with Crippen molar-refractivity contribution < 1.29 is 4.74 Å². The fourth-order valence-electron chi connectivity index (χ4n) is 8.21. The SMILES string of the molecule is CC1(C)c2ccc(-c3ccc4c(c3)c3cc(C#N)ccc3n4-c3ccccc3)cc2Oc2cc(-c3cc(-c4ccccc4)cc(-c4ccccc4)n3)ccc21. The first-order valence-corrected chi connectivity index (χ1v) is 18.6. The van der Waals surface area contributed by atoms with Gasteiger partial charge in [0, 0.05) is 44.1 Å². The minimum absolute atomic E-state index is 0.282. The zero-order valence-electron chi connectivity index (χ0n) is 30.5. The molecule has 0 fully saturated rings. The average Bonchev–Trinajstić information content (AvgIpc) is 3.57. The zero-order chi connectivity index (χ0) is 37.1. The van der Waals surface area contributed by atoms with Gasteiger partial charge in [-0.25, -0.2) is 4.98 Å². The highest BCUT2D eigenvalue weighted by Gasteiger charge is 2.34. The second-order valence-electron chi connectivity index (χ2n) is 14.8. The van der Waals surface area contributed by atoms with E-state index in [2.05, 4.69) is 170 Å². The lowest BCUT2D eigenvalue weighted by Crippen LogP contribution is -2.24. The predicted octanol–water partition coefficient (Wildman–Crippen LogP) is 13.1. The number of hydrogen-bond acceptors (Lipinski definition) is 3. The van der Waals surface area contributed by atoms with Crippen LogP contribution in [0.15, 0.2) is 176 Å². The molecule has 9 aromatic rings. The number of pyridine rings is 1. The van der Waals surface area contributed by atoms with Crippen LogP contribution in [0.4, 0.5) is 0 Å². The number of para-hydroxylation sites is 1. The Morgan fingerprint density at radius 2 is 1.02 bits per heavy atom. The van der Waals surface area contributed by atoms with Crippen LogP contribution < -0.4 is 4.74 Å². The van der Waals surface area contributed by atoms with Crippen molar-refractivity contribution in [2.24, 2.45) is 0 Å². The molecular formula is C51H35N3O. The van der Waals surface area contributed by atoms with Gasteiger partial charge >= 0.3 is 0 Å². The van der Waals surface area contributed by atoms with Crippen LogP contribution in [-0.4, -0.2) is 9.55 Å². The monoisotopic (exact) mass is 705 g/mol. The molecule has 0 N–H and O–H groups in total. The van der Waals surface area contributed by atoms with E-state index < -0.39 is 0 Å². The minimum atomic E-state index is -0.282. The normalized spacial score (nSPS) is 12.8. The van der Waals surface area contributed by atoms with Crippen LogP contribution in [0.2, 0.25) is 0 Å². The minimum Gasteiger partial charge on any atom is -0.457 e. The summed E-state index contributed by atoms with van der Waals surface area (Å²) in [6.45, 7) is 4.54. The quantitative estimate of drug-likeness (QED) is 0.179. The summed E-state index contributed by atoms with van der Waals surface area (Å²) in [5.74, 6) is 1.69. The summed E-state index contributed by atoms with van der Waals surface area (Å²) in [4.78, 5) is 5.19. The fourth-order valence-corrected chi connectivity index (χ4v) is 8.21. The van der Waals surface area contributed by atoms with Crippen molar-refractivity contribution in [1.29, 1.82) is 5.26 Å². The third kappa shape index (κ3) is 5.48. The van der Waals surface area contributed by atoms with Crippen molar-refractivity contribution in [1.82, 2.24) is 9.55 Å². The molecule has 55 heavy (non-hydrogen) atoms. The van der Waals surface area contributed by atoms with E-state index in [0.29, 0.717) is 5.56 Å². The number of fused-ring (bicyclic) bond motifs is 5. The second-order valence-corrected chi connectivity index (χ2v) is 14.8. The summed E-state index contributed by atoms with van der Waals surface area (Å²) in [7, 11) is 0. The molecule has 10 rings (SSSR count). The molecule has 260 valence electrons. The summed E-state index contributed by atoms with van der Waals surface area (Å²) in [5, 5.41) is 11.9.